The third-order valence-electron chi connectivity index (χ3n) is 5.64. The van der Waals surface area contributed by atoms with Gasteiger partial charge in [0.2, 0.25) is 5.91 Å². The first-order valence-electron chi connectivity index (χ1n) is 11.4. The van der Waals surface area contributed by atoms with Gasteiger partial charge in [0, 0.05) is 38.1 Å². The predicted molar refractivity (Wildman–Crippen MR) is 139 cm³/mol. The van der Waals surface area contributed by atoms with Gasteiger partial charge in [0.25, 0.3) is 5.91 Å². The van der Waals surface area contributed by atoms with E-state index in [0.717, 1.165) is 45.3 Å². The van der Waals surface area contributed by atoms with Gasteiger partial charge in [0.15, 0.2) is 5.96 Å². The molecule has 1 aromatic rings. The van der Waals surface area contributed by atoms with Crippen LogP contribution in [0.25, 0.3) is 0 Å². The summed E-state index contributed by atoms with van der Waals surface area (Å²) in [5, 5.41) is 19.2. The summed E-state index contributed by atoms with van der Waals surface area (Å²) in [6.45, 7) is 9.21. The maximum Gasteiger partial charge on any atom is 0.255 e. The van der Waals surface area contributed by atoms with Crippen LogP contribution in [-0.2, 0) is 4.79 Å². The maximum absolute atomic E-state index is 12.6. The highest BCUT2D eigenvalue weighted by atomic mass is 127. The Balaban J connectivity index is 0.00000512. The monoisotopic (exact) mass is 559 g/mol. The highest BCUT2D eigenvalue weighted by Gasteiger charge is 2.26. The summed E-state index contributed by atoms with van der Waals surface area (Å²) in [5.74, 6) is 0.776. The van der Waals surface area contributed by atoms with Crippen LogP contribution in [0.4, 0.5) is 0 Å². The molecular formula is C23H38IN5O3. The topological polar surface area (TPSA) is 106 Å². The van der Waals surface area contributed by atoms with Crippen molar-refractivity contribution < 1.29 is 14.7 Å². The van der Waals surface area contributed by atoms with Gasteiger partial charge in [-0.1, -0.05) is 26.0 Å². The molecule has 0 aliphatic carbocycles. The van der Waals surface area contributed by atoms with E-state index in [1.54, 1.807) is 18.2 Å². The number of para-hydroxylation sites is 1. The van der Waals surface area contributed by atoms with E-state index in [-0.39, 0.29) is 59.1 Å². The Morgan fingerprint density at radius 1 is 1.12 bits per heavy atom. The van der Waals surface area contributed by atoms with Gasteiger partial charge in [-0.25, -0.2) is 0 Å². The Hall–Kier alpha value is -2.04. The van der Waals surface area contributed by atoms with E-state index in [1.165, 1.54) is 6.07 Å². The number of amides is 2. The van der Waals surface area contributed by atoms with Gasteiger partial charge in [0.05, 0.1) is 12.1 Å². The molecule has 0 radical (unpaired) electrons. The van der Waals surface area contributed by atoms with Crippen molar-refractivity contribution in [2.24, 2.45) is 10.9 Å². The second kappa shape index (κ2) is 14.9. The number of likely N-dealkylation sites (tertiary alicyclic amines) is 1. The van der Waals surface area contributed by atoms with Gasteiger partial charge in [-0.15, -0.1) is 24.0 Å². The molecule has 0 aromatic heterocycles. The molecule has 1 aliphatic rings. The van der Waals surface area contributed by atoms with Gasteiger partial charge in [-0.2, -0.15) is 0 Å². The Labute approximate surface area is 208 Å². The van der Waals surface area contributed by atoms with Gasteiger partial charge >= 0.3 is 0 Å². The fourth-order valence-electron chi connectivity index (χ4n) is 3.75. The van der Waals surface area contributed by atoms with Crippen molar-refractivity contribution in [3.8, 4) is 5.75 Å². The number of carbonyl (C=O) groups is 2. The molecular weight excluding hydrogens is 521 g/mol. The van der Waals surface area contributed by atoms with Crippen LogP contribution in [0, 0.1) is 5.92 Å². The fraction of sp³-hybridized carbons (Fsp3) is 0.609. The third-order valence-corrected chi connectivity index (χ3v) is 5.64. The van der Waals surface area contributed by atoms with Crippen LogP contribution in [0.3, 0.4) is 0 Å². The highest BCUT2D eigenvalue weighted by Crippen LogP contribution is 2.17. The first-order valence-corrected chi connectivity index (χ1v) is 11.4. The summed E-state index contributed by atoms with van der Waals surface area (Å²) in [6, 6.07) is 6.73. The van der Waals surface area contributed by atoms with E-state index >= 15 is 0 Å². The number of nitrogens with zero attached hydrogens (tertiary/aromatic N) is 2. The van der Waals surface area contributed by atoms with Gasteiger partial charge in [-0.3, -0.25) is 14.6 Å². The van der Waals surface area contributed by atoms with Crippen LogP contribution in [0.2, 0.25) is 0 Å². The lowest BCUT2D eigenvalue weighted by molar-refractivity contribution is -0.136. The number of halogens is 1. The maximum atomic E-state index is 12.6. The van der Waals surface area contributed by atoms with Gasteiger partial charge < -0.3 is 26.0 Å². The van der Waals surface area contributed by atoms with E-state index in [0.29, 0.717) is 19.0 Å². The molecule has 1 aliphatic heterocycles. The van der Waals surface area contributed by atoms with Crippen LogP contribution in [-0.4, -0.2) is 66.5 Å². The summed E-state index contributed by atoms with van der Waals surface area (Å²) in [5.41, 5.74) is 0.256. The minimum absolute atomic E-state index is 0. The first kappa shape index (κ1) is 28.0. The molecule has 1 fully saturated rings. The molecule has 1 aromatic carbocycles. The van der Waals surface area contributed by atoms with Crippen LogP contribution in [0.15, 0.2) is 29.3 Å². The molecule has 0 saturated carbocycles. The summed E-state index contributed by atoms with van der Waals surface area (Å²) in [7, 11) is 0. The minimum atomic E-state index is -0.319. The van der Waals surface area contributed by atoms with Crippen molar-refractivity contribution >= 4 is 41.8 Å². The zero-order valence-electron chi connectivity index (χ0n) is 19.4. The highest BCUT2D eigenvalue weighted by molar-refractivity contribution is 14.0. The number of guanidine groups is 1. The molecule has 180 valence electrons. The molecule has 0 bridgehead atoms. The van der Waals surface area contributed by atoms with E-state index in [1.807, 2.05) is 11.8 Å². The van der Waals surface area contributed by atoms with Crippen LogP contribution in [0.5, 0.6) is 5.75 Å². The number of benzene rings is 1. The lowest BCUT2D eigenvalue weighted by Crippen LogP contribution is -2.50. The first-order chi connectivity index (χ1) is 15.0. The molecule has 0 spiro atoms. The molecule has 9 heteroatoms. The smallest absolute Gasteiger partial charge is 0.255 e. The van der Waals surface area contributed by atoms with E-state index in [9.17, 15) is 14.7 Å². The molecule has 4 N–H and O–H groups in total. The number of carbonyl (C=O) groups excluding carboxylic acids is 2. The molecule has 8 nitrogen and oxygen atoms in total. The number of hydrogen-bond acceptors (Lipinski definition) is 4. The molecule has 0 atom stereocenters. The number of phenols is 1. The molecule has 1 heterocycles. The number of aliphatic imine (C=N–C) groups is 1. The third kappa shape index (κ3) is 8.48. The van der Waals surface area contributed by atoms with Crippen LogP contribution in [0.1, 0.15) is 56.8 Å². The predicted octanol–water partition coefficient (Wildman–Crippen LogP) is 2.72. The molecule has 2 amide bonds. The van der Waals surface area contributed by atoms with Crippen LogP contribution < -0.4 is 16.0 Å². The number of aromatic hydroxyl groups is 1. The van der Waals surface area contributed by atoms with E-state index < -0.39 is 0 Å². The van der Waals surface area contributed by atoms with Crippen LogP contribution >= 0.6 is 24.0 Å². The van der Waals surface area contributed by atoms with Gasteiger partial charge in [0.1, 0.15) is 5.75 Å². The largest absolute Gasteiger partial charge is 0.507 e. The van der Waals surface area contributed by atoms with Crippen molar-refractivity contribution in [1.82, 2.24) is 20.9 Å². The summed E-state index contributed by atoms with van der Waals surface area (Å²) >= 11 is 0. The summed E-state index contributed by atoms with van der Waals surface area (Å²) in [6.07, 6.45) is 3.57. The van der Waals surface area contributed by atoms with Crippen molar-refractivity contribution in [1.29, 1.82) is 0 Å². The number of piperidine rings is 1. The number of phenolic OH excluding ortho intramolecular Hbond substituents is 1. The average molecular weight is 559 g/mol. The Kier molecular flexibility index (Phi) is 13.0. The van der Waals surface area contributed by atoms with Crippen molar-refractivity contribution in [2.45, 2.75) is 52.5 Å². The lowest BCUT2D eigenvalue weighted by Gasteiger charge is -2.34. The second-order valence-electron chi connectivity index (χ2n) is 7.79. The van der Waals surface area contributed by atoms with Crippen molar-refractivity contribution in [2.75, 3.05) is 32.7 Å². The SMILES string of the molecule is CCNC(=NCCNC(=O)c1ccccc1O)NC1CCN(C(=O)C(CC)CC)CC1.I. The van der Waals surface area contributed by atoms with Gasteiger partial charge in [-0.05, 0) is 44.7 Å². The lowest BCUT2D eigenvalue weighted by atomic mass is 9.98. The normalized spacial score (nSPS) is 14.6. The molecule has 0 unspecified atom stereocenters. The second-order valence-corrected chi connectivity index (χ2v) is 7.79. The van der Waals surface area contributed by atoms with E-state index in [4.69, 9.17) is 0 Å². The van der Waals surface area contributed by atoms with E-state index in [2.05, 4.69) is 34.8 Å². The quantitative estimate of drug-likeness (QED) is 0.161. The molecule has 1 saturated heterocycles. The Morgan fingerprint density at radius 2 is 1.78 bits per heavy atom. The zero-order valence-corrected chi connectivity index (χ0v) is 21.7. The van der Waals surface area contributed by atoms with Crippen molar-refractivity contribution in [3.63, 3.8) is 0 Å². The fourth-order valence-corrected chi connectivity index (χ4v) is 3.75. The Morgan fingerprint density at radius 3 is 2.38 bits per heavy atom. The standard InChI is InChI=1S/C23H37N5O3.HI/c1-4-17(5-2)22(31)28-15-11-18(12-16-28)27-23(24-6-3)26-14-13-25-21(30)19-9-7-8-10-20(19)29;/h7-10,17-18,29H,4-6,11-16H2,1-3H3,(H,25,30)(H2,24,26,27);1H. The average Bonchev–Trinajstić information content (AvgIpc) is 2.78. The molecule has 2 rings (SSSR count). The number of nitrogens with one attached hydrogen (secondary N) is 3. The number of rotatable bonds is 9. The van der Waals surface area contributed by atoms with Crippen molar-refractivity contribution in [3.05, 3.63) is 29.8 Å². The molecule has 32 heavy (non-hydrogen) atoms. The zero-order chi connectivity index (χ0) is 22.6. The summed E-state index contributed by atoms with van der Waals surface area (Å²) in [4.78, 5) is 31.2. The Bertz CT molecular complexity index is 747. The summed E-state index contributed by atoms with van der Waals surface area (Å²) < 4.78 is 0. The number of hydrogen-bond donors (Lipinski definition) is 4. The minimum Gasteiger partial charge on any atom is -0.507 e.